The second-order valence-corrected chi connectivity index (χ2v) is 4.01. The normalized spacial score (nSPS) is 16.3. The van der Waals surface area contributed by atoms with Crippen molar-refractivity contribution in [1.29, 1.82) is 0 Å². The number of nitro groups is 1. The maximum atomic E-state index is 10.9. The van der Waals surface area contributed by atoms with Crippen molar-refractivity contribution in [1.82, 2.24) is 4.98 Å². The summed E-state index contributed by atoms with van der Waals surface area (Å²) in [5.74, 6) is 0.612. The monoisotopic (exact) mass is 253 g/mol. The lowest BCUT2D eigenvalue weighted by Gasteiger charge is -2.23. The molecule has 0 unspecified atom stereocenters. The van der Waals surface area contributed by atoms with Crippen LogP contribution in [0, 0.1) is 10.1 Å². The van der Waals surface area contributed by atoms with Crippen molar-refractivity contribution >= 4 is 11.5 Å². The van der Waals surface area contributed by atoms with Crippen molar-refractivity contribution in [3.63, 3.8) is 0 Å². The molecule has 1 N–H and O–H groups in total. The van der Waals surface area contributed by atoms with Gasteiger partial charge in [0.15, 0.2) is 0 Å². The Morgan fingerprint density at radius 2 is 2.22 bits per heavy atom. The number of hydrogen-bond donors (Lipinski definition) is 1. The van der Waals surface area contributed by atoms with E-state index in [0.29, 0.717) is 19.1 Å². The summed E-state index contributed by atoms with van der Waals surface area (Å²) >= 11 is 0. The van der Waals surface area contributed by atoms with Crippen LogP contribution in [0.2, 0.25) is 0 Å². The Hall–Kier alpha value is -1.89. The van der Waals surface area contributed by atoms with Gasteiger partial charge < -0.3 is 14.8 Å². The van der Waals surface area contributed by atoms with Crippen LogP contribution in [0.3, 0.4) is 0 Å². The Balaban J connectivity index is 2.19. The third-order valence-electron chi connectivity index (χ3n) is 2.82. The van der Waals surface area contributed by atoms with E-state index >= 15 is 0 Å². The van der Waals surface area contributed by atoms with Gasteiger partial charge in [-0.1, -0.05) is 0 Å². The van der Waals surface area contributed by atoms with Crippen LogP contribution in [-0.2, 0) is 4.74 Å². The van der Waals surface area contributed by atoms with Crippen LogP contribution in [0.15, 0.2) is 12.1 Å². The molecular formula is C11H15N3O4. The molecule has 0 aromatic carbocycles. The predicted molar refractivity (Wildman–Crippen MR) is 64.9 cm³/mol. The van der Waals surface area contributed by atoms with Crippen molar-refractivity contribution in [2.24, 2.45) is 0 Å². The van der Waals surface area contributed by atoms with E-state index in [-0.39, 0.29) is 17.5 Å². The van der Waals surface area contributed by atoms with Crippen molar-refractivity contribution < 1.29 is 14.4 Å². The summed E-state index contributed by atoms with van der Waals surface area (Å²) in [4.78, 5) is 14.6. The van der Waals surface area contributed by atoms with Gasteiger partial charge >= 0.3 is 5.69 Å². The summed E-state index contributed by atoms with van der Waals surface area (Å²) in [6.45, 7) is 1.32. The summed E-state index contributed by atoms with van der Waals surface area (Å²) in [6.07, 6.45) is 1.63. The minimum absolute atomic E-state index is 0.0395. The molecule has 0 spiro atoms. The zero-order valence-corrected chi connectivity index (χ0v) is 10.1. The van der Waals surface area contributed by atoms with Crippen LogP contribution < -0.4 is 10.1 Å². The number of hydrogen-bond acceptors (Lipinski definition) is 6. The highest BCUT2D eigenvalue weighted by atomic mass is 16.6. The van der Waals surface area contributed by atoms with Gasteiger partial charge in [0.2, 0.25) is 11.7 Å². The smallest absolute Gasteiger partial charge is 0.311 e. The van der Waals surface area contributed by atoms with Gasteiger partial charge in [-0.2, -0.15) is 4.98 Å². The Morgan fingerprint density at radius 1 is 1.50 bits per heavy atom. The molecule has 0 atom stereocenters. The average molecular weight is 253 g/mol. The third-order valence-corrected chi connectivity index (χ3v) is 2.82. The Kier molecular flexibility index (Phi) is 3.93. The molecule has 2 heterocycles. The molecule has 1 saturated heterocycles. The molecule has 98 valence electrons. The van der Waals surface area contributed by atoms with Gasteiger partial charge in [-0.05, 0) is 12.8 Å². The molecule has 18 heavy (non-hydrogen) atoms. The van der Waals surface area contributed by atoms with Gasteiger partial charge in [0.05, 0.1) is 12.0 Å². The molecule has 1 aliphatic rings. The van der Waals surface area contributed by atoms with E-state index in [1.54, 1.807) is 0 Å². The molecule has 7 heteroatoms. The van der Waals surface area contributed by atoms with E-state index in [9.17, 15) is 10.1 Å². The second-order valence-electron chi connectivity index (χ2n) is 4.01. The Bertz CT molecular complexity index is 432. The maximum absolute atomic E-state index is 10.9. The van der Waals surface area contributed by atoms with Crippen LogP contribution in [0.25, 0.3) is 0 Å². The molecule has 0 saturated carbocycles. The SMILES string of the molecule is COc1ccc([N+](=O)[O-])c(NC2CCOCC2)n1. The van der Waals surface area contributed by atoms with Gasteiger partial charge in [0.1, 0.15) is 0 Å². The summed E-state index contributed by atoms with van der Waals surface area (Å²) in [7, 11) is 1.48. The molecule has 1 aromatic rings. The highest BCUT2D eigenvalue weighted by Gasteiger charge is 2.21. The molecule has 1 aliphatic heterocycles. The predicted octanol–water partition coefficient (Wildman–Crippen LogP) is 1.59. The molecule has 2 rings (SSSR count). The molecule has 0 bridgehead atoms. The number of nitrogens with one attached hydrogen (secondary N) is 1. The number of nitrogens with zero attached hydrogens (tertiary/aromatic N) is 2. The lowest BCUT2D eigenvalue weighted by Crippen LogP contribution is -2.28. The molecule has 0 amide bonds. The number of aromatic nitrogens is 1. The molecule has 1 fully saturated rings. The van der Waals surface area contributed by atoms with Crippen molar-refractivity contribution in [3.8, 4) is 5.88 Å². The van der Waals surface area contributed by atoms with Gasteiger partial charge in [-0.25, -0.2) is 0 Å². The maximum Gasteiger partial charge on any atom is 0.311 e. The Morgan fingerprint density at radius 3 is 2.83 bits per heavy atom. The van der Waals surface area contributed by atoms with Gasteiger partial charge in [-0.3, -0.25) is 10.1 Å². The molecule has 0 aliphatic carbocycles. The summed E-state index contributed by atoms with van der Waals surface area (Å²) < 4.78 is 10.2. The topological polar surface area (TPSA) is 86.5 Å². The molecule has 7 nitrogen and oxygen atoms in total. The minimum Gasteiger partial charge on any atom is -0.481 e. The standard InChI is InChI=1S/C11H15N3O4/c1-17-10-3-2-9(14(15)16)11(13-10)12-8-4-6-18-7-5-8/h2-3,8H,4-7H2,1H3,(H,12,13). The summed E-state index contributed by atoms with van der Waals surface area (Å²) in [6, 6.07) is 3.03. The summed E-state index contributed by atoms with van der Waals surface area (Å²) in [5.41, 5.74) is -0.0395. The first-order chi connectivity index (χ1) is 8.70. The van der Waals surface area contributed by atoms with E-state index in [0.717, 1.165) is 12.8 Å². The first-order valence-electron chi connectivity index (χ1n) is 5.74. The van der Waals surface area contributed by atoms with E-state index in [1.807, 2.05) is 0 Å². The largest absolute Gasteiger partial charge is 0.481 e. The van der Waals surface area contributed by atoms with Crippen LogP contribution in [0.1, 0.15) is 12.8 Å². The number of anilines is 1. The number of rotatable bonds is 4. The Labute approximate surface area is 104 Å². The zero-order chi connectivity index (χ0) is 13.0. The van der Waals surface area contributed by atoms with E-state index in [1.165, 1.54) is 19.2 Å². The highest BCUT2D eigenvalue weighted by molar-refractivity contribution is 5.57. The lowest BCUT2D eigenvalue weighted by molar-refractivity contribution is -0.384. The second kappa shape index (κ2) is 5.63. The molecule has 1 aromatic heterocycles. The first kappa shape index (κ1) is 12.6. The molecular weight excluding hydrogens is 238 g/mol. The van der Waals surface area contributed by atoms with Gasteiger partial charge in [0, 0.05) is 31.4 Å². The minimum atomic E-state index is -0.450. The van der Waals surface area contributed by atoms with Crippen LogP contribution in [0.5, 0.6) is 5.88 Å². The van der Waals surface area contributed by atoms with Crippen molar-refractivity contribution in [3.05, 3.63) is 22.2 Å². The first-order valence-corrected chi connectivity index (χ1v) is 5.74. The average Bonchev–Trinajstić information content (AvgIpc) is 2.39. The fourth-order valence-electron chi connectivity index (χ4n) is 1.84. The fraction of sp³-hybridized carbons (Fsp3) is 0.545. The number of ether oxygens (including phenoxy) is 2. The highest BCUT2D eigenvalue weighted by Crippen LogP contribution is 2.26. The number of methoxy groups -OCH3 is 1. The van der Waals surface area contributed by atoms with E-state index in [4.69, 9.17) is 9.47 Å². The van der Waals surface area contributed by atoms with Crippen LogP contribution in [-0.4, -0.2) is 36.3 Å². The number of pyridine rings is 1. The van der Waals surface area contributed by atoms with Gasteiger partial charge in [0.25, 0.3) is 0 Å². The van der Waals surface area contributed by atoms with E-state index in [2.05, 4.69) is 10.3 Å². The lowest BCUT2D eigenvalue weighted by atomic mass is 10.1. The van der Waals surface area contributed by atoms with Crippen molar-refractivity contribution in [2.75, 3.05) is 25.6 Å². The van der Waals surface area contributed by atoms with Gasteiger partial charge in [-0.15, -0.1) is 0 Å². The summed E-state index contributed by atoms with van der Waals surface area (Å²) in [5, 5.41) is 14.0. The third kappa shape index (κ3) is 2.86. The van der Waals surface area contributed by atoms with Crippen LogP contribution >= 0.6 is 0 Å². The van der Waals surface area contributed by atoms with E-state index < -0.39 is 4.92 Å². The van der Waals surface area contributed by atoms with Crippen LogP contribution in [0.4, 0.5) is 11.5 Å². The quantitative estimate of drug-likeness (QED) is 0.647. The zero-order valence-electron chi connectivity index (χ0n) is 10.1. The fourth-order valence-corrected chi connectivity index (χ4v) is 1.84. The van der Waals surface area contributed by atoms with Crippen molar-refractivity contribution in [2.45, 2.75) is 18.9 Å². The molecule has 0 radical (unpaired) electrons.